The zero-order valence-electron chi connectivity index (χ0n) is 11.8. The van der Waals surface area contributed by atoms with Gasteiger partial charge in [-0.3, -0.25) is 0 Å². The Hall–Kier alpha value is -2.03. The van der Waals surface area contributed by atoms with Crippen LogP contribution in [0.15, 0.2) is 42.6 Å². The van der Waals surface area contributed by atoms with Gasteiger partial charge in [0, 0.05) is 6.20 Å². The first-order valence-corrected chi connectivity index (χ1v) is 7.30. The topological polar surface area (TPSA) is 34.1 Å². The third-order valence-electron chi connectivity index (χ3n) is 3.75. The molecule has 1 aliphatic carbocycles. The van der Waals surface area contributed by atoms with Crippen LogP contribution in [0.5, 0.6) is 5.75 Å². The largest absolute Gasteiger partial charge is 0.490 e. The number of hydrogen-bond donors (Lipinski definition) is 1. The normalized spacial score (nSPS) is 17.4. The summed E-state index contributed by atoms with van der Waals surface area (Å²) in [7, 11) is 0. The van der Waals surface area contributed by atoms with E-state index in [-0.39, 0.29) is 0 Å². The molecule has 0 bridgehead atoms. The van der Waals surface area contributed by atoms with Crippen molar-refractivity contribution in [3.63, 3.8) is 0 Å². The molecule has 1 heterocycles. The molecule has 0 fully saturated rings. The van der Waals surface area contributed by atoms with Crippen molar-refractivity contribution in [1.82, 2.24) is 4.98 Å². The quantitative estimate of drug-likeness (QED) is 0.911. The van der Waals surface area contributed by atoms with Gasteiger partial charge < -0.3 is 10.1 Å². The van der Waals surface area contributed by atoms with Crippen LogP contribution in [-0.4, -0.2) is 11.6 Å². The second-order valence-electron chi connectivity index (χ2n) is 5.07. The number of fused-ring (bicyclic) bond motifs is 1. The van der Waals surface area contributed by atoms with Crippen LogP contribution >= 0.6 is 0 Å². The van der Waals surface area contributed by atoms with Crippen LogP contribution in [0.25, 0.3) is 0 Å². The minimum Gasteiger partial charge on any atom is -0.490 e. The van der Waals surface area contributed by atoms with Crippen LogP contribution in [0.1, 0.15) is 36.9 Å². The third-order valence-corrected chi connectivity index (χ3v) is 3.75. The highest BCUT2D eigenvalue weighted by Crippen LogP contribution is 2.34. The molecule has 0 aliphatic heterocycles. The zero-order chi connectivity index (χ0) is 13.8. The SMILES string of the molecule is CCOc1cccnc1NC1CCCc2ccccc21. The fourth-order valence-corrected chi connectivity index (χ4v) is 2.84. The average Bonchev–Trinajstić information content (AvgIpc) is 2.50. The molecule has 1 unspecified atom stereocenters. The molecule has 3 heteroatoms. The maximum Gasteiger partial charge on any atom is 0.169 e. The minimum atomic E-state index is 0.328. The summed E-state index contributed by atoms with van der Waals surface area (Å²) in [5.74, 6) is 1.68. The molecule has 0 saturated heterocycles. The number of rotatable bonds is 4. The van der Waals surface area contributed by atoms with Gasteiger partial charge in [0.15, 0.2) is 11.6 Å². The Bertz CT molecular complexity index is 583. The molecule has 0 saturated carbocycles. The summed E-state index contributed by atoms with van der Waals surface area (Å²) < 4.78 is 5.64. The lowest BCUT2D eigenvalue weighted by Gasteiger charge is -2.27. The number of aromatic nitrogens is 1. The molecule has 3 nitrogen and oxygen atoms in total. The second kappa shape index (κ2) is 5.95. The number of ether oxygens (including phenoxy) is 1. The molecule has 3 rings (SSSR count). The van der Waals surface area contributed by atoms with E-state index in [0.29, 0.717) is 12.6 Å². The van der Waals surface area contributed by atoms with Crippen LogP contribution in [0, 0.1) is 0 Å². The first-order chi connectivity index (χ1) is 9.88. The average molecular weight is 268 g/mol. The second-order valence-corrected chi connectivity index (χ2v) is 5.07. The van der Waals surface area contributed by atoms with Gasteiger partial charge in [0.05, 0.1) is 12.6 Å². The van der Waals surface area contributed by atoms with Crippen LogP contribution in [-0.2, 0) is 6.42 Å². The third kappa shape index (κ3) is 2.62. The highest BCUT2D eigenvalue weighted by Gasteiger charge is 2.20. The van der Waals surface area contributed by atoms with Crippen molar-refractivity contribution in [3.8, 4) is 5.75 Å². The summed E-state index contributed by atoms with van der Waals surface area (Å²) in [6, 6.07) is 12.9. The number of hydrogen-bond acceptors (Lipinski definition) is 3. The van der Waals surface area contributed by atoms with Crippen LogP contribution in [0.4, 0.5) is 5.82 Å². The Morgan fingerprint density at radius 2 is 2.15 bits per heavy atom. The van der Waals surface area contributed by atoms with Crippen molar-refractivity contribution in [2.75, 3.05) is 11.9 Å². The summed E-state index contributed by atoms with van der Waals surface area (Å²) >= 11 is 0. The lowest BCUT2D eigenvalue weighted by atomic mass is 9.88. The molecule has 1 aliphatic rings. The molecule has 1 atom stereocenters. The number of pyridine rings is 1. The van der Waals surface area contributed by atoms with E-state index in [1.165, 1.54) is 24.0 Å². The van der Waals surface area contributed by atoms with Crippen molar-refractivity contribution in [3.05, 3.63) is 53.7 Å². The molecule has 1 aromatic heterocycles. The molecule has 1 aromatic carbocycles. The number of nitrogens with one attached hydrogen (secondary N) is 1. The number of aryl methyl sites for hydroxylation is 1. The standard InChI is InChI=1S/C17H20N2O/c1-2-20-16-11-6-12-18-17(16)19-15-10-5-8-13-7-3-4-9-14(13)15/h3-4,6-7,9,11-12,15H,2,5,8,10H2,1H3,(H,18,19). The summed E-state index contributed by atoms with van der Waals surface area (Å²) in [6.07, 6.45) is 5.33. The van der Waals surface area contributed by atoms with Gasteiger partial charge in [-0.1, -0.05) is 24.3 Å². The number of nitrogens with zero attached hydrogens (tertiary/aromatic N) is 1. The number of anilines is 1. The van der Waals surface area contributed by atoms with Gasteiger partial charge in [0.1, 0.15) is 0 Å². The van der Waals surface area contributed by atoms with Crippen LogP contribution in [0.3, 0.4) is 0 Å². The number of benzene rings is 1. The molecule has 20 heavy (non-hydrogen) atoms. The summed E-state index contributed by atoms with van der Waals surface area (Å²) in [4.78, 5) is 4.43. The molecule has 0 radical (unpaired) electrons. The van der Waals surface area contributed by atoms with Crippen molar-refractivity contribution < 1.29 is 4.74 Å². The first-order valence-electron chi connectivity index (χ1n) is 7.30. The molecular weight excluding hydrogens is 248 g/mol. The molecule has 104 valence electrons. The van der Waals surface area contributed by atoms with E-state index < -0.39 is 0 Å². The smallest absolute Gasteiger partial charge is 0.169 e. The summed E-state index contributed by atoms with van der Waals surface area (Å²) in [6.45, 7) is 2.65. The van der Waals surface area contributed by atoms with Crippen molar-refractivity contribution in [1.29, 1.82) is 0 Å². The monoisotopic (exact) mass is 268 g/mol. The Morgan fingerprint density at radius 3 is 3.05 bits per heavy atom. The zero-order valence-corrected chi connectivity index (χ0v) is 11.8. The van der Waals surface area contributed by atoms with E-state index in [2.05, 4.69) is 34.6 Å². The van der Waals surface area contributed by atoms with Crippen molar-refractivity contribution in [2.24, 2.45) is 0 Å². The van der Waals surface area contributed by atoms with Crippen molar-refractivity contribution >= 4 is 5.82 Å². The molecule has 2 aromatic rings. The fraction of sp³-hybridized carbons (Fsp3) is 0.353. The minimum absolute atomic E-state index is 0.328. The van der Waals surface area contributed by atoms with Gasteiger partial charge in [0.2, 0.25) is 0 Å². The van der Waals surface area contributed by atoms with E-state index in [0.717, 1.165) is 18.0 Å². The predicted molar refractivity (Wildman–Crippen MR) is 81.1 cm³/mol. The Kier molecular flexibility index (Phi) is 3.86. The van der Waals surface area contributed by atoms with E-state index in [9.17, 15) is 0 Å². The van der Waals surface area contributed by atoms with E-state index in [1.807, 2.05) is 19.1 Å². The Labute approximate surface area is 120 Å². The van der Waals surface area contributed by atoms with Gasteiger partial charge in [-0.25, -0.2) is 4.98 Å². The molecule has 0 spiro atoms. The fourth-order valence-electron chi connectivity index (χ4n) is 2.84. The molecule has 1 N–H and O–H groups in total. The predicted octanol–water partition coefficient (Wildman–Crippen LogP) is 3.97. The summed E-state index contributed by atoms with van der Waals surface area (Å²) in [5, 5.41) is 3.55. The summed E-state index contributed by atoms with van der Waals surface area (Å²) in [5.41, 5.74) is 2.84. The van der Waals surface area contributed by atoms with E-state index in [4.69, 9.17) is 4.74 Å². The lowest BCUT2D eigenvalue weighted by molar-refractivity contribution is 0.340. The Balaban J connectivity index is 1.86. The molecule has 0 amide bonds. The van der Waals surface area contributed by atoms with Gasteiger partial charge in [-0.2, -0.15) is 0 Å². The van der Waals surface area contributed by atoms with Crippen LogP contribution in [0.2, 0.25) is 0 Å². The lowest BCUT2D eigenvalue weighted by Crippen LogP contribution is -2.18. The van der Waals surface area contributed by atoms with Crippen molar-refractivity contribution in [2.45, 2.75) is 32.2 Å². The van der Waals surface area contributed by atoms with E-state index in [1.54, 1.807) is 6.20 Å². The first kappa shape index (κ1) is 13.0. The maximum absolute atomic E-state index is 5.64. The van der Waals surface area contributed by atoms with Crippen LogP contribution < -0.4 is 10.1 Å². The highest BCUT2D eigenvalue weighted by atomic mass is 16.5. The molecular formula is C17H20N2O. The van der Waals surface area contributed by atoms with Gasteiger partial charge in [-0.15, -0.1) is 0 Å². The Morgan fingerprint density at radius 1 is 1.25 bits per heavy atom. The van der Waals surface area contributed by atoms with E-state index >= 15 is 0 Å². The van der Waals surface area contributed by atoms with Gasteiger partial charge in [-0.05, 0) is 49.4 Å². The maximum atomic E-state index is 5.64. The van der Waals surface area contributed by atoms with Gasteiger partial charge in [0.25, 0.3) is 0 Å². The van der Waals surface area contributed by atoms with Gasteiger partial charge >= 0.3 is 0 Å². The highest BCUT2D eigenvalue weighted by molar-refractivity contribution is 5.52.